The van der Waals surface area contributed by atoms with Crippen molar-refractivity contribution in [3.8, 4) is 5.75 Å². The third kappa shape index (κ3) is 6.12. The van der Waals surface area contributed by atoms with E-state index in [1.54, 1.807) is 38.1 Å². The van der Waals surface area contributed by atoms with Gasteiger partial charge in [0.1, 0.15) is 11.6 Å². The Labute approximate surface area is 146 Å². The van der Waals surface area contributed by atoms with Crippen LogP contribution in [0.2, 0.25) is 0 Å². The highest BCUT2D eigenvalue weighted by atomic mass is 32.2. The van der Waals surface area contributed by atoms with E-state index in [0.29, 0.717) is 6.54 Å². The first kappa shape index (κ1) is 18.1. The molecule has 0 saturated heterocycles. The molecule has 24 heavy (non-hydrogen) atoms. The first-order valence-electron chi connectivity index (χ1n) is 7.67. The summed E-state index contributed by atoms with van der Waals surface area (Å²) in [5, 5.41) is 6.53. The van der Waals surface area contributed by atoms with Gasteiger partial charge in [-0.25, -0.2) is 4.39 Å². The molecule has 0 amide bonds. The van der Waals surface area contributed by atoms with Crippen LogP contribution in [0.15, 0.2) is 58.4 Å². The largest absolute Gasteiger partial charge is 0.497 e. The van der Waals surface area contributed by atoms with Gasteiger partial charge in [0.2, 0.25) is 0 Å². The number of ether oxygens (including phenoxy) is 1. The van der Waals surface area contributed by atoms with Crippen LogP contribution in [0.25, 0.3) is 0 Å². The molecule has 0 unspecified atom stereocenters. The van der Waals surface area contributed by atoms with E-state index in [1.807, 2.05) is 24.3 Å². The predicted octanol–water partition coefficient (Wildman–Crippen LogP) is 3.29. The topological polar surface area (TPSA) is 45.7 Å². The molecule has 0 spiro atoms. The third-order valence-electron chi connectivity index (χ3n) is 3.32. The van der Waals surface area contributed by atoms with Gasteiger partial charge < -0.3 is 15.4 Å². The van der Waals surface area contributed by atoms with Gasteiger partial charge in [0.05, 0.1) is 7.11 Å². The average Bonchev–Trinajstić information content (AvgIpc) is 2.63. The zero-order valence-electron chi connectivity index (χ0n) is 13.9. The smallest absolute Gasteiger partial charge is 0.191 e. The van der Waals surface area contributed by atoms with Gasteiger partial charge in [-0.15, -0.1) is 11.8 Å². The number of benzene rings is 2. The van der Waals surface area contributed by atoms with Crippen molar-refractivity contribution in [2.24, 2.45) is 4.99 Å². The summed E-state index contributed by atoms with van der Waals surface area (Å²) < 4.78 is 18.0. The highest BCUT2D eigenvalue weighted by molar-refractivity contribution is 7.99. The Morgan fingerprint density at radius 1 is 1.08 bits per heavy atom. The number of rotatable bonds is 7. The average molecular weight is 347 g/mol. The fraction of sp³-hybridized carbons (Fsp3) is 0.278. The molecular weight excluding hydrogens is 325 g/mol. The molecule has 4 nitrogen and oxygen atoms in total. The standard InChI is InChI=1S/C18H22FN3OS/c1-20-18(22-13-14-3-7-16(23-2)8-4-14)21-11-12-24-17-9-5-15(19)6-10-17/h3-10H,11-13H2,1-2H3,(H2,20,21,22). The van der Waals surface area contributed by atoms with Gasteiger partial charge >= 0.3 is 0 Å². The third-order valence-corrected chi connectivity index (χ3v) is 4.33. The number of thioether (sulfide) groups is 1. The molecule has 0 aliphatic heterocycles. The molecule has 0 aromatic heterocycles. The van der Waals surface area contributed by atoms with E-state index in [-0.39, 0.29) is 5.82 Å². The van der Waals surface area contributed by atoms with Crippen molar-refractivity contribution in [1.29, 1.82) is 0 Å². The molecular formula is C18H22FN3OS. The molecule has 2 N–H and O–H groups in total. The number of aliphatic imine (C=N–C) groups is 1. The van der Waals surface area contributed by atoms with Crippen LogP contribution in [-0.2, 0) is 6.54 Å². The lowest BCUT2D eigenvalue weighted by molar-refractivity contribution is 0.414. The van der Waals surface area contributed by atoms with E-state index in [1.165, 1.54) is 12.1 Å². The van der Waals surface area contributed by atoms with Gasteiger partial charge in [-0.2, -0.15) is 0 Å². The molecule has 128 valence electrons. The summed E-state index contributed by atoms with van der Waals surface area (Å²) in [7, 11) is 3.40. The summed E-state index contributed by atoms with van der Waals surface area (Å²) in [6.45, 7) is 1.46. The Morgan fingerprint density at radius 2 is 1.79 bits per heavy atom. The Balaban J connectivity index is 1.69. The van der Waals surface area contributed by atoms with Crippen LogP contribution < -0.4 is 15.4 Å². The lowest BCUT2D eigenvalue weighted by atomic mass is 10.2. The Morgan fingerprint density at radius 3 is 2.42 bits per heavy atom. The number of guanidine groups is 1. The van der Waals surface area contributed by atoms with Crippen molar-refractivity contribution < 1.29 is 9.13 Å². The molecule has 0 fully saturated rings. The predicted molar refractivity (Wildman–Crippen MR) is 98.3 cm³/mol. The summed E-state index contributed by atoms with van der Waals surface area (Å²) in [6.07, 6.45) is 0. The minimum atomic E-state index is -0.208. The van der Waals surface area contributed by atoms with Crippen LogP contribution in [0.5, 0.6) is 5.75 Å². The normalized spacial score (nSPS) is 11.2. The van der Waals surface area contributed by atoms with Crippen LogP contribution in [0.3, 0.4) is 0 Å². The van der Waals surface area contributed by atoms with Gasteiger partial charge in [-0.3, -0.25) is 4.99 Å². The fourth-order valence-corrected chi connectivity index (χ4v) is 2.79. The number of methoxy groups -OCH3 is 1. The zero-order valence-corrected chi connectivity index (χ0v) is 14.7. The second-order valence-corrected chi connectivity index (χ2v) is 6.17. The maximum Gasteiger partial charge on any atom is 0.191 e. The molecule has 0 atom stereocenters. The Hall–Kier alpha value is -2.21. The number of hydrogen-bond donors (Lipinski definition) is 2. The number of halogens is 1. The van der Waals surface area contributed by atoms with E-state index in [9.17, 15) is 4.39 Å². The molecule has 2 rings (SSSR count). The van der Waals surface area contributed by atoms with Crippen molar-refractivity contribution in [1.82, 2.24) is 10.6 Å². The van der Waals surface area contributed by atoms with Gasteiger partial charge in [-0.1, -0.05) is 12.1 Å². The van der Waals surface area contributed by atoms with Crippen LogP contribution in [-0.4, -0.2) is 32.4 Å². The van der Waals surface area contributed by atoms with Crippen LogP contribution in [0.4, 0.5) is 4.39 Å². The summed E-state index contributed by atoms with van der Waals surface area (Å²) in [5.74, 6) is 2.26. The van der Waals surface area contributed by atoms with Crippen LogP contribution >= 0.6 is 11.8 Å². The Kier molecular flexibility index (Phi) is 7.42. The van der Waals surface area contributed by atoms with E-state index >= 15 is 0 Å². The lowest BCUT2D eigenvalue weighted by Crippen LogP contribution is -2.37. The van der Waals surface area contributed by atoms with Crippen molar-refractivity contribution in [3.05, 3.63) is 59.9 Å². The first-order valence-corrected chi connectivity index (χ1v) is 8.65. The van der Waals surface area contributed by atoms with Crippen molar-refractivity contribution in [2.75, 3.05) is 26.5 Å². The van der Waals surface area contributed by atoms with E-state index in [2.05, 4.69) is 15.6 Å². The highest BCUT2D eigenvalue weighted by Crippen LogP contribution is 2.17. The minimum Gasteiger partial charge on any atom is -0.497 e. The SMILES string of the molecule is CN=C(NCCSc1ccc(F)cc1)NCc1ccc(OC)cc1. The second kappa shape index (κ2) is 9.82. The van der Waals surface area contributed by atoms with Gasteiger partial charge in [0.25, 0.3) is 0 Å². The van der Waals surface area contributed by atoms with Gasteiger partial charge in [0.15, 0.2) is 5.96 Å². The van der Waals surface area contributed by atoms with E-state index in [0.717, 1.165) is 34.5 Å². The van der Waals surface area contributed by atoms with E-state index in [4.69, 9.17) is 4.74 Å². The number of hydrogen-bond acceptors (Lipinski definition) is 3. The molecule has 0 aliphatic rings. The van der Waals surface area contributed by atoms with Gasteiger partial charge in [-0.05, 0) is 42.0 Å². The fourth-order valence-electron chi connectivity index (χ4n) is 2.02. The summed E-state index contributed by atoms with van der Waals surface area (Å²) in [4.78, 5) is 5.26. The van der Waals surface area contributed by atoms with Crippen LogP contribution in [0, 0.1) is 5.82 Å². The van der Waals surface area contributed by atoms with Crippen molar-refractivity contribution in [3.63, 3.8) is 0 Å². The Bertz CT molecular complexity index is 644. The maximum absolute atomic E-state index is 12.8. The van der Waals surface area contributed by atoms with Crippen molar-refractivity contribution >= 4 is 17.7 Å². The summed E-state index contributed by atoms with van der Waals surface area (Å²) in [5.41, 5.74) is 1.15. The highest BCUT2D eigenvalue weighted by Gasteiger charge is 2.00. The molecule has 0 bridgehead atoms. The zero-order chi connectivity index (χ0) is 17.2. The molecule has 0 aliphatic carbocycles. The second-order valence-electron chi connectivity index (χ2n) is 5.00. The first-order chi connectivity index (χ1) is 11.7. The molecule has 0 saturated carbocycles. The monoisotopic (exact) mass is 347 g/mol. The number of nitrogens with zero attached hydrogens (tertiary/aromatic N) is 1. The van der Waals surface area contributed by atoms with Crippen LogP contribution in [0.1, 0.15) is 5.56 Å². The molecule has 2 aromatic rings. The van der Waals surface area contributed by atoms with E-state index < -0.39 is 0 Å². The number of nitrogens with one attached hydrogen (secondary N) is 2. The molecule has 0 radical (unpaired) electrons. The quantitative estimate of drug-likeness (QED) is 0.349. The molecule has 0 heterocycles. The molecule has 6 heteroatoms. The van der Waals surface area contributed by atoms with Gasteiger partial charge in [0, 0.05) is 30.8 Å². The summed E-state index contributed by atoms with van der Waals surface area (Å²) in [6, 6.07) is 14.4. The van der Waals surface area contributed by atoms with Crippen molar-refractivity contribution in [2.45, 2.75) is 11.4 Å². The molecule has 2 aromatic carbocycles. The summed E-state index contributed by atoms with van der Waals surface area (Å²) >= 11 is 1.67. The maximum atomic E-state index is 12.8. The lowest BCUT2D eigenvalue weighted by Gasteiger charge is -2.12. The minimum absolute atomic E-state index is 0.208.